The summed E-state index contributed by atoms with van der Waals surface area (Å²) >= 11 is 3.10. The molecule has 0 aromatic heterocycles. The van der Waals surface area contributed by atoms with Crippen molar-refractivity contribution in [1.82, 2.24) is 0 Å². The number of hydrogen-bond donors (Lipinski definition) is 3. The molecule has 0 aliphatic carbocycles. The number of hydrogen-bond acceptors (Lipinski definition) is 5. The van der Waals surface area contributed by atoms with Crippen molar-refractivity contribution in [1.29, 1.82) is 0 Å². The molecule has 1 aromatic carbocycles. The highest BCUT2D eigenvalue weighted by Crippen LogP contribution is 2.37. The molecule has 1 rings (SSSR count). The maximum atomic E-state index is 10.1. The maximum Gasteiger partial charge on any atom is 0.128 e. The van der Waals surface area contributed by atoms with Gasteiger partial charge in [0.1, 0.15) is 17.6 Å². The number of ether oxygens (including phenoxy) is 2. The quantitative estimate of drug-likeness (QED) is 0.681. The average molecular weight is 321 g/mol. The standard InChI is InChI=1S/C12H17BrO5/c1-17-9-3-7(6-14)4-10(18-2)11(9)12(16)8(15)5-13/h3-4,8,12,14-16H,5-6H2,1-2H3. The van der Waals surface area contributed by atoms with Crippen molar-refractivity contribution in [3.8, 4) is 11.5 Å². The van der Waals surface area contributed by atoms with Crippen molar-refractivity contribution in [3.05, 3.63) is 23.3 Å². The number of aliphatic hydroxyl groups excluding tert-OH is 3. The van der Waals surface area contributed by atoms with Crippen LogP contribution in [0.1, 0.15) is 17.2 Å². The molecule has 102 valence electrons. The molecular weight excluding hydrogens is 304 g/mol. The molecule has 0 heterocycles. The van der Waals surface area contributed by atoms with Crippen LogP contribution in [0.25, 0.3) is 0 Å². The van der Waals surface area contributed by atoms with Crippen LogP contribution < -0.4 is 9.47 Å². The predicted octanol–water partition coefficient (Wildman–Crippen LogP) is 0.985. The van der Waals surface area contributed by atoms with Gasteiger partial charge in [-0.2, -0.15) is 0 Å². The van der Waals surface area contributed by atoms with E-state index in [9.17, 15) is 10.2 Å². The predicted molar refractivity (Wildman–Crippen MR) is 70.2 cm³/mol. The lowest BCUT2D eigenvalue weighted by Crippen LogP contribution is -2.21. The highest BCUT2D eigenvalue weighted by atomic mass is 79.9. The lowest BCUT2D eigenvalue weighted by Gasteiger charge is -2.21. The third-order valence-corrected chi connectivity index (χ3v) is 3.27. The fraction of sp³-hybridized carbons (Fsp3) is 0.500. The largest absolute Gasteiger partial charge is 0.496 e. The highest BCUT2D eigenvalue weighted by molar-refractivity contribution is 9.09. The number of rotatable bonds is 6. The monoisotopic (exact) mass is 320 g/mol. The molecule has 3 N–H and O–H groups in total. The van der Waals surface area contributed by atoms with E-state index in [4.69, 9.17) is 14.6 Å². The Morgan fingerprint density at radius 1 is 1.17 bits per heavy atom. The van der Waals surface area contributed by atoms with Gasteiger partial charge in [-0.15, -0.1) is 0 Å². The fourth-order valence-corrected chi connectivity index (χ4v) is 2.01. The molecule has 0 spiro atoms. The van der Waals surface area contributed by atoms with Gasteiger partial charge in [0.05, 0.1) is 32.5 Å². The van der Waals surface area contributed by atoms with Crippen LogP contribution in [0.4, 0.5) is 0 Å². The van der Waals surface area contributed by atoms with Crippen LogP contribution in [0.5, 0.6) is 11.5 Å². The van der Waals surface area contributed by atoms with Gasteiger partial charge in [0.2, 0.25) is 0 Å². The maximum absolute atomic E-state index is 10.1. The second-order valence-electron chi connectivity index (χ2n) is 3.74. The molecule has 0 saturated carbocycles. The molecule has 0 radical (unpaired) electrons. The summed E-state index contributed by atoms with van der Waals surface area (Å²) in [5.74, 6) is 0.733. The number of benzene rings is 1. The van der Waals surface area contributed by atoms with E-state index in [1.54, 1.807) is 12.1 Å². The van der Waals surface area contributed by atoms with Crippen LogP contribution in [-0.2, 0) is 6.61 Å². The Labute approximate surface area is 114 Å². The number of aliphatic hydroxyl groups is 3. The first-order chi connectivity index (χ1) is 8.58. The van der Waals surface area contributed by atoms with E-state index in [-0.39, 0.29) is 11.9 Å². The lowest BCUT2D eigenvalue weighted by atomic mass is 10.0. The smallest absolute Gasteiger partial charge is 0.128 e. The molecule has 0 fully saturated rings. The molecular formula is C12H17BrO5. The van der Waals surface area contributed by atoms with Gasteiger partial charge in [-0.25, -0.2) is 0 Å². The Morgan fingerprint density at radius 3 is 2.00 bits per heavy atom. The van der Waals surface area contributed by atoms with Crippen molar-refractivity contribution < 1.29 is 24.8 Å². The zero-order chi connectivity index (χ0) is 13.7. The minimum absolute atomic E-state index is 0.163. The minimum atomic E-state index is -1.14. The summed E-state index contributed by atoms with van der Waals surface area (Å²) in [6.07, 6.45) is -2.12. The van der Waals surface area contributed by atoms with Crippen molar-refractivity contribution in [2.45, 2.75) is 18.8 Å². The molecule has 0 aliphatic heterocycles. The summed E-state index contributed by atoms with van der Waals surface area (Å²) in [5, 5.41) is 29.1. The summed E-state index contributed by atoms with van der Waals surface area (Å²) in [7, 11) is 2.90. The van der Waals surface area contributed by atoms with Crippen LogP contribution in [-0.4, -0.2) is 41.0 Å². The molecule has 0 bridgehead atoms. The second kappa shape index (κ2) is 6.94. The summed E-state index contributed by atoms with van der Waals surface area (Å²) in [4.78, 5) is 0. The first kappa shape index (κ1) is 15.2. The van der Waals surface area contributed by atoms with Gasteiger partial charge in [0.25, 0.3) is 0 Å². The third-order valence-electron chi connectivity index (χ3n) is 2.60. The van der Waals surface area contributed by atoms with Crippen molar-refractivity contribution in [2.24, 2.45) is 0 Å². The molecule has 6 heteroatoms. The Kier molecular flexibility index (Phi) is 5.87. The van der Waals surface area contributed by atoms with Gasteiger partial charge in [-0.3, -0.25) is 0 Å². The first-order valence-electron chi connectivity index (χ1n) is 5.36. The first-order valence-corrected chi connectivity index (χ1v) is 6.48. The van der Waals surface area contributed by atoms with Gasteiger partial charge in [0, 0.05) is 5.33 Å². The van der Waals surface area contributed by atoms with Gasteiger partial charge in [-0.05, 0) is 17.7 Å². The Balaban J connectivity index is 3.30. The van der Waals surface area contributed by atoms with Crippen LogP contribution in [0, 0.1) is 0 Å². The van der Waals surface area contributed by atoms with Crippen LogP contribution in [0.15, 0.2) is 12.1 Å². The Bertz CT molecular complexity index is 371. The summed E-state index contributed by atoms with van der Waals surface area (Å²) in [6.45, 7) is -0.163. The molecule has 0 amide bonds. The summed E-state index contributed by atoms with van der Waals surface area (Å²) in [5.41, 5.74) is 0.970. The summed E-state index contributed by atoms with van der Waals surface area (Å²) in [6, 6.07) is 3.20. The molecule has 0 saturated heterocycles. The molecule has 5 nitrogen and oxygen atoms in total. The lowest BCUT2D eigenvalue weighted by molar-refractivity contribution is 0.0311. The number of halogens is 1. The van der Waals surface area contributed by atoms with Gasteiger partial charge in [-0.1, -0.05) is 15.9 Å². The SMILES string of the molecule is COc1cc(CO)cc(OC)c1C(O)C(O)CBr. The highest BCUT2D eigenvalue weighted by Gasteiger charge is 2.25. The molecule has 0 aliphatic rings. The van der Waals surface area contributed by atoms with Gasteiger partial charge in [0.15, 0.2) is 0 Å². The molecule has 2 atom stereocenters. The Hall–Kier alpha value is -0.820. The molecule has 18 heavy (non-hydrogen) atoms. The van der Waals surface area contributed by atoms with Crippen molar-refractivity contribution >= 4 is 15.9 Å². The van der Waals surface area contributed by atoms with E-state index >= 15 is 0 Å². The van der Waals surface area contributed by atoms with E-state index in [0.717, 1.165) is 0 Å². The van der Waals surface area contributed by atoms with Crippen LogP contribution in [0.3, 0.4) is 0 Å². The van der Waals surface area contributed by atoms with Crippen LogP contribution in [0.2, 0.25) is 0 Å². The average Bonchev–Trinajstić information content (AvgIpc) is 2.43. The minimum Gasteiger partial charge on any atom is -0.496 e. The van der Waals surface area contributed by atoms with E-state index < -0.39 is 12.2 Å². The Morgan fingerprint density at radius 2 is 1.67 bits per heavy atom. The summed E-state index contributed by atoms with van der Waals surface area (Å²) < 4.78 is 10.3. The zero-order valence-electron chi connectivity index (χ0n) is 10.3. The van der Waals surface area contributed by atoms with E-state index in [2.05, 4.69) is 15.9 Å². The second-order valence-corrected chi connectivity index (χ2v) is 4.39. The van der Waals surface area contributed by atoms with Gasteiger partial charge >= 0.3 is 0 Å². The zero-order valence-corrected chi connectivity index (χ0v) is 11.8. The van der Waals surface area contributed by atoms with Crippen molar-refractivity contribution in [2.75, 3.05) is 19.5 Å². The van der Waals surface area contributed by atoms with E-state index in [1.807, 2.05) is 0 Å². The van der Waals surface area contributed by atoms with Crippen LogP contribution >= 0.6 is 15.9 Å². The van der Waals surface area contributed by atoms with Gasteiger partial charge < -0.3 is 24.8 Å². The molecule has 1 aromatic rings. The normalized spacial score (nSPS) is 14.1. The number of alkyl halides is 1. The number of methoxy groups -OCH3 is 2. The molecule has 2 unspecified atom stereocenters. The van der Waals surface area contributed by atoms with E-state index in [1.165, 1.54) is 14.2 Å². The third kappa shape index (κ3) is 3.14. The fourth-order valence-electron chi connectivity index (χ4n) is 1.65. The van der Waals surface area contributed by atoms with E-state index in [0.29, 0.717) is 22.6 Å². The topological polar surface area (TPSA) is 79.2 Å². The van der Waals surface area contributed by atoms with Crippen molar-refractivity contribution in [3.63, 3.8) is 0 Å².